The molecule has 1 aromatic heterocycles. The summed E-state index contributed by atoms with van der Waals surface area (Å²) in [4.78, 5) is 47.2. The summed E-state index contributed by atoms with van der Waals surface area (Å²) in [5, 5.41) is 4.18. The fourth-order valence-electron chi connectivity index (χ4n) is 1.97. The van der Waals surface area contributed by atoms with Crippen molar-refractivity contribution in [2.45, 2.75) is 13.5 Å². The van der Waals surface area contributed by atoms with Gasteiger partial charge in [0.2, 0.25) is 5.91 Å². The van der Waals surface area contributed by atoms with Crippen molar-refractivity contribution < 1.29 is 19.1 Å². The van der Waals surface area contributed by atoms with E-state index in [0.29, 0.717) is 13.2 Å². The van der Waals surface area contributed by atoms with E-state index in [1.54, 1.807) is 12.3 Å². The standard InChI is InChI=1S/C14H15N3O3.C4H3NO2S/c1-11(18)15-13-7-8-17(14(19)16-13)9-10-20-12-5-3-2-4-6-12;1-2-3(6)5-4(7)8-2/h2-8H,9-10H2,1H3,(H,15,16,18,19);1H2,(H,5,6,7). The number of hydrogen-bond donors (Lipinski definition) is 2. The molecule has 0 saturated carbocycles. The van der Waals surface area contributed by atoms with Gasteiger partial charge >= 0.3 is 5.69 Å². The van der Waals surface area contributed by atoms with Crippen LogP contribution in [-0.4, -0.2) is 33.2 Å². The average molecular weight is 402 g/mol. The first kappa shape index (κ1) is 20.9. The predicted octanol–water partition coefficient (Wildman–Crippen LogP) is 1.76. The Kier molecular flexibility index (Phi) is 7.52. The third-order valence-electron chi connectivity index (χ3n) is 3.21. The Hall–Kier alpha value is -3.40. The van der Waals surface area contributed by atoms with Crippen molar-refractivity contribution in [2.24, 2.45) is 0 Å². The maximum absolute atomic E-state index is 11.7. The van der Waals surface area contributed by atoms with E-state index in [1.807, 2.05) is 30.3 Å². The first-order chi connectivity index (χ1) is 13.3. The second-order valence-corrected chi connectivity index (χ2v) is 6.47. The molecular weight excluding hydrogens is 384 g/mol. The molecule has 146 valence electrons. The lowest BCUT2D eigenvalue weighted by molar-refractivity contribution is -0.115. The molecule has 0 aliphatic carbocycles. The van der Waals surface area contributed by atoms with Gasteiger partial charge in [0.05, 0.1) is 11.4 Å². The number of benzene rings is 1. The molecule has 0 bridgehead atoms. The molecule has 1 aliphatic heterocycles. The van der Waals surface area contributed by atoms with Crippen LogP contribution in [0.15, 0.2) is 58.9 Å². The summed E-state index contributed by atoms with van der Waals surface area (Å²) in [6.45, 7) is 5.43. The Bertz CT molecular complexity index is 924. The maximum Gasteiger partial charge on any atom is 0.349 e. The molecule has 2 N–H and O–H groups in total. The Balaban J connectivity index is 0.000000292. The number of nitrogens with one attached hydrogen (secondary N) is 2. The minimum absolute atomic E-state index is 0.253. The number of ether oxygens (including phenoxy) is 1. The molecule has 0 radical (unpaired) electrons. The third kappa shape index (κ3) is 6.72. The second-order valence-electron chi connectivity index (χ2n) is 5.40. The van der Waals surface area contributed by atoms with Gasteiger partial charge in [-0.3, -0.25) is 24.3 Å². The van der Waals surface area contributed by atoms with Crippen LogP contribution in [-0.2, 0) is 16.1 Å². The largest absolute Gasteiger partial charge is 0.492 e. The number of thioether (sulfide) groups is 1. The van der Waals surface area contributed by atoms with Gasteiger partial charge in [-0.1, -0.05) is 24.8 Å². The van der Waals surface area contributed by atoms with Gasteiger partial charge in [-0.15, -0.1) is 0 Å². The summed E-state index contributed by atoms with van der Waals surface area (Å²) in [5.74, 6) is 0.369. The van der Waals surface area contributed by atoms with Crippen LogP contribution in [0.4, 0.5) is 10.6 Å². The molecule has 2 heterocycles. The Morgan fingerprint density at radius 2 is 1.96 bits per heavy atom. The third-order valence-corrected chi connectivity index (χ3v) is 3.93. The monoisotopic (exact) mass is 402 g/mol. The van der Waals surface area contributed by atoms with E-state index in [9.17, 15) is 19.2 Å². The number of imide groups is 1. The second kappa shape index (κ2) is 10.1. The smallest absolute Gasteiger partial charge is 0.349 e. The zero-order valence-corrected chi connectivity index (χ0v) is 15.8. The highest BCUT2D eigenvalue weighted by atomic mass is 32.2. The molecule has 0 atom stereocenters. The van der Waals surface area contributed by atoms with Gasteiger partial charge in [0.1, 0.15) is 18.2 Å². The topological polar surface area (TPSA) is 119 Å². The van der Waals surface area contributed by atoms with Crippen molar-refractivity contribution in [3.63, 3.8) is 0 Å². The number of amides is 3. The number of para-hydroxylation sites is 1. The summed E-state index contributed by atoms with van der Waals surface area (Å²) in [5.41, 5.74) is -0.423. The summed E-state index contributed by atoms with van der Waals surface area (Å²) in [6, 6.07) is 10.9. The number of anilines is 1. The number of carbonyl (C=O) groups excluding carboxylic acids is 3. The van der Waals surface area contributed by atoms with Crippen molar-refractivity contribution in [2.75, 3.05) is 11.9 Å². The molecule has 10 heteroatoms. The van der Waals surface area contributed by atoms with Gasteiger partial charge in [0.15, 0.2) is 0 Å². The number of rotatable bonds is 5. The van der Waals surface area contributed by atoms with Crippen LogP contribution in [0.5, 0.6) is 5.75 Å². The van der Waals surface area contributed by atoms with Crippen LogP contribution >= 0.6 is 11.8 Å². The highest BCUT2D eigenvalue weighted by Crippen LogP contribution is 2.19. The molecule has 1 aliphatic rings. The number of nitrogens with zero attached hydrogens (tertiary/aromatic N) is 2. The fourth-order valence-corrected chi connectivity index (χ4v) is 2.49. The first-order valence-electron chi connectivity index (χ1n) is 8.10. The molecule has 1 aromatic carbocycles. The van der Waals surface area contributed by atoms with Gasteiger partial charge in [0, 0.05) is 13.1 Å². The van der Waals surface area contributed by atoms with Crippen molar-refractivity contribution in [3.8, 4) is 5.75 Å². The quantitative estimate of drug-likeness (QED) is 0.731. The summed E-state index contributed by atoms with van der Waals surface area (Å²) in [7, 11) is 0. The van der Waals surface area contributed by atoms with Crippen LogP contribution in [0.2, 0.25) is 0 Å². The summed E-state index contributed by atoms with van der Waals surface area (Å²) < 4.78 is 6.93. The summed E-state index contributed by atoms with van der Waals surface area (Å²) in [6.07, 6.45) is 1.58. The van der Waals surface area contributed by atoms with Crippen molar-refractivity contribution in [1.29, 1.82) is 0 Å². The minimum Gasteiger partial charge on any atom is -0.492 e. The molecule has 0 unspecified atom stereocenters. The predicted molar refractivity (Wildman–Crippen MR) is 105 cm³/mol. The van der Waals surface area contributed by atoms with Crippen LogP contribution in [0, 0.1) is 0 Å². The van der Waals surface area contributed by atoms with Crippen molar-refractivity contribution >= 4 is 34.6 Å². The highest BCUT2D eigenvalue weighted by molar-refractivity contribution is 8.18. The highest BCUT2D eigenvalue weighted by Gasteiger charge is 2.22. The van der Waals surface area contributed by atoms with E-state index in [4.69, 9.17) is 4.74 Å². The van der Waals surface area contributed by atoms with Gasteiger partial charge in [0.25, 0.3) is 11.1 Å². The van der Waals surface area contributed by atoms with Crippen LogP contribution in [0.25, 0.3) is 0 Å². The van der Waals surface area contributed by atoms with Gasteiger partial charge < -0.3 is 10.1 Å². The van der Waals surface area contributed by atoms with Crippen molar-refractivity contribution in [3.05, 3.63) is 64.6 Å². The SMILES string of the molecule is C=C1SC(=O)NC1=O.CC(=O)Nc1ccn(CCOc2ccccc2)c(=O)n1. The zero-order valence-electron chi connectivity index (χ0n) is 15.0. The van der Waals surface area contributed by atoms with Gasteiger partial charge in [-0.25, -0.2) is 4.79 Å². The van der Waals surface area contributed by atoms with E-state index >= 15 is 0 Å². The lowest BCUT2D eigenvalue weighted by Gasteiger charge is -2.08. The molecule has 3 amide bonds. The van der Waals surface area contributed by atoms with E-state index in [1.165, 1.54) is 11.5 Å². The molecule has 0 spiro atoms. The normalized spacial score (nSPS) is 12.7. The number of aromatic nitrogens is 2. The Labute approximate surface area is 164 Å². The molecule has 1 fully saturated rings. The molecule has 28 heavy (non-hydrogen) atoms. The van der Waals surface area contributed by atoms with Crippen LogP contribution in [0.3, 0.4) is 0 Å². The molecule has 1 saturated heterocycles. The molecule has 9 nitrogen and oxygen atoms in total. The van der Waals surface area contributed by atoms with E-state index in [-0.39, 0.29) is 27.8 Å². The first-order valence-corrected chi connectivity index (χ1v) is 8.92. The maximum atomic E-state index is 11.7. The van der Waals surface area contributed by atoms with Crippen LogP contribution in [0.1, 0.15) is 6.92 Å². The van der Waals surface area contributed by atoms with Gasteiger partial charge in [-0.05, 0) is 30.0 Å². The Morgan fingerprint density at radius 3 is 2.46 bits per heavy atom. The lowest BCUT2D eigenvalue weighted by atomic mass is 10.3. The molecular formula is C18H18N4O5S. The fraction of sp³-hybridized carbons (Fsp3) is 0.167. The van der Waals surface area contributed by atoms with E-state index < -0.39 is 5.69 Å². The lowest BCUT2D eigenvalue weighted by Crippen LogP contribution is -2.26. The van der Waals surface area contributed by atoms with E-state index in [0.717, 1.165) is 17.5 Å². The number of carbonyl (C=O) groups is 3. The molecule has 3 rings (SSSR count). The summed E-state index contributed by atoms with van der Waals surface area (Å²) >= 11 is 0.834. The van der Waals surface area contributed by atoms with Gasteiger partial charge in [-0.2, -0.15) is 4.98 Å². The zero-order chi connectivity index (χ0) is 20.5. The van der Waals surface area contributed by atoms with Crippen LogP contribution < -0.4 is 21.1 Å². The molecule has 2 aromatic rings. The minimum atomic E-state index is -0.423. The number of hydrogen-bond acceptors (Lipinski definition) is 7. The Morgan fingerprint density at radius 1 is 1.25 bits per heavy atom. The van der Waals surface area contributed by atoms with E-state index in [2.05, 4.69) is 22.2 Å². The average Bonchev–Trinajstić information content (AvgIpc) is 2.93. The van der Waals surface area contributed by atoms with Crippen molar-refractivity contribution in [1.82, 2.24) is 14.9 Å².